The van der Waals surface area contributed by atoms with Gasteiger partial charge in [-0.2, -0.15) is 5.26 Å². The number of hydrogen-bond donors (Lipinski definition) is 1. The van der Waals surface area contributed by atoms with E-state index in [4.69, 9.17) is 13.9 Å². The fourth-order valence-electron chi connectivity index (χ4n) is 6.40. The standard InChI is InChI=1S/C38H46N6O3.C2H6/c1-28(47-38(2,3)4)44-22-20-43(21-23-44)19-16-40-35-31(26-39)27-41-37-34(35)33(29-10-6-5-7-11-29)36(46-37)30-12-14-32(15-13-30)45-25-24-42-17-8-9-18-42;1-2/h5-7,10-15,27H,1,8-9,16-25H2,2-4H3,(H,40,41);1-2H3. The first-order chi connectivity index (χ1) is 23.8. The third-order valence-electron chi connectivity index (χ3n) is 8.77. The largest absolute Gasteiger partial charge is 0.492 e. The van der Waals surface area contributed by atoms with Crippen LogP contribution in [-0.2, 0) is 4.74 Å². The van der Waals surface area contributed by atoms with Gasteiger partial charge in [0.15, 0.2) is 5.88 Å². The number of rotatable bonds is 12. The van der Waals surface area contributed by atoms with Gasteiger partial charge in [-0.25, -0.2) is 4.98 Å². The zero-order valence-electron chi connectivity index (χ0n) is 29.9. The molecule has 2 aromatic heterocycles. The van der Waals surface area contributed by atoms with Crippen LogP contribution in [0, 0.1) is 11.3 Å². The molecular weight excluding hydrogens is 612 g/mol. The third-order valence-corrected chi connectivity index (χ3v) is 8.77. The Kier molecular flexibility index (Phi) is 12.2. The lowest BCUT2D eigenvalue weighted by Crippen LogP contribution is -2.47. The van der Waals surface area contributed by atoms with Gasteiger partial charge in [0.25, 0.3) is 0 Å². The van der Waals surface area contributed by atoms with E-state index in [0.29, 0.717) is 30.2 Å². The van der Waals surface area contributed by atoms with Crippen molar-refractivity contribution in [2.24, 2.45) is 0 Å². The van der Waals surface area contributed by atoms with Crippen molar-refractivity contribution in [2.45, 2.75) is 53.1 Å². The number of hydrogen-bond acceptors (Lipinski definition) is 9. The molecule has 4 heterocycles. The smallest absolute Gasteiger partial charge is 0.229 e. The molecule has 2 aromatic carbocycles. The molecule has 49 heavy (non-hydrogen) atoms. The molecule has 6 rings (SSSR count). The summed E-state index contributed by atoms with van der Waals surface area (Å²) in [6, 6.07) is 20.6. The van der Waals surface area contributed by atoms with Gasteiger partial charge < -0.3 is 24.1 Å². The number of benzene rings is 2. The number of nitrogens with one attached hydrogen (secondary N) is 1. The highest BCUT2D eigenvalue weighted by molar-refractivity contribution is 6.08. The number of likely N-dealkylation sites (tertiary alicyclic amines) is 1. The van der Waals surface area contributed by atoms with E-state index in [1.807, 2.05) is 77.1 Å². The molecule has 2 aliphatic heterocycles. The number of pyridine rings is 1. The zero-order chi connectivity index (χ0) is 34.8. The van der Waals surface area contributed by atoms with Gasteiger partial charge >= 0.3 is 0 Å². The number of aromatic nitrogens is 1. The number of nitriles is 1. The summed E-state index contributed by atoms with van der Waals surface area (Å²) in [6.07, 6.45) is 4.16. The summed E-state index contributed by atoms with van der Waals surface area (Å²) in [7, 11) is 0. The molecule has 0 aliphatic carbocycles. The average molecular weight is 665 g/mol. The van der Waals surface area contributed by atoms with Crippen molar-refractivity contribution in [2.75, 3.05) is 70.8 Å². The van der Waals surface area contributed by atoms with Gasteiger partial charge in [-0.1, -0.05) is 44.2 Å². The van der Waals surface area contributed by atoms with E-state index in [1.54, 1.807) is 6.20 Å². The van der Waals surface area contributed by atoms with Gasteiger partial charge in [0.2, 0.25) is 5.71 Å². The highest BCUT2D eigenvalue weighted by Gasteiger charge is 2.25. The first kappa shape index (κ1) is 35.8. The van der Waals surface area contributed by atoms with E-state index < -0.39 is 0 Å². The lowest BCUT2D eigenvalue weighted by atomic mass is 9.97. The van der Waals surface area contributed by atoms with E-state index in [-0.39, 0.29) is 5.60 Å². The highest BCUT2D eigenvalue weighted by Crippen LogP contribution is 2.44. The van der Waals surface area contributed by atoms with Crippen molar-refractivity contribution >= 4 is 16.8 Å². The highest BCUT2D eigenvalue weighted by atomic mass is 16.5. The molecule has 0 saturated carbocycles. The van der Waals surface area contributed by atoms with E-state index in [0.717, 1.165) is 91.8 Å². The molecule has 2 aliphatic rings. The molecule has 0 amide bonds. The predicted molar refractivity (Wildman–Crippen MR) is 199 cm³/mol. The summed E-state index contributed by atoms with van der Waals surface area (Å²) in [5, 5.41) is 14.6. The first-order valence-corrected chi connectivity index (χ1v) is 17.7. The summed E-state index contributed by atoms with van der Waals surface area (Å²) in [4.78, 5) is 11.7. The van der Waals surface area contributed by atoms with Crippen LogP contribution < -0.4 is 10.1 Å². The number of ether oxygens (including phenoxy) is 2. The first-order valence-electron chi connectivity index (χ1n) is 17.7. The molecular formula is C40H52N6O3. The molecule has 260 valence electrons. The normalized spacial score (nSPS) is 15.4. The number of nitrogens with zero attached hydrogens (tertiary/aromatic N) is 5. The fraction of sp³-hybridized carbons (Fsp3) is 0.450. The van der Waals surface area contributed by atoms with Crippen molar-refractivity contribution < 1.29 is 13.9 Å². The van der Waals surface area contributed by atoms with Crippen LogP contribution in [0.2, 0.25) is 0 Å². The van der Waals surface area contributed by atoms with E-state index in [2.05, 4.69) is 49.8 Å². The SMILES string of the molecule is C=C(OC(C)(C)C)N1CCN(CCNc2c(C#N)cnc3oc(-c4ccc(OCCN5CCCC5)cc4)c(-c4ccccc4)c23)CC1.CC. The molecule has 0 radical (unpaired) electrons. The summed E-state index contributed by atoms with van der Waals surface area (Å²) < 4.78 is 18.5. The van der Waals surface area contributed by atoms with Crippen LogP contribution in [0.25, 0.3) is 33.6 Å². The van der Waals surface area contributed by atoms with Gasteiger partial charge in [0, 0.05) is 56.9 Å². The second-order valence-corrected chi connectivity index (χ2v) is 13.3. The maximum absolute atomic E-state index is 10.1. The van der Waals surface area contributed by atoms with Crippen LogP contribution in [0.15, 0.2) is 77.7 Å². The number of piperazine rings is 1. The van der Waals surface area contributed by atoms with Gasteiger partial charge in [0.1, 0.15) is 29.8 Å². The van der Waals surface area contributed by atoms with E-state index in [9.17, 15) is 5.26 Å². The molecule has 2 fully saturated rings. The number of furan rings is 1. The quantitative estimate of drug-likeness (QED) is 0.152. The Morgan fingerprint density at radius 2 is 1.59 bits per heavy atom. The summed E-state index contributed by atoms with van der Waals surface area (Å²) in [5.74, 6) is 2.29. The van der Waals surface area contributed by atoms with Gasteiger partial charge in [-0.15, -0.1) is 0 Å². The van der Waals surface area contributed by atoms with E-state index in [1.165, 1.54) is 12.8 Å². The van der Waals surface area contributed by atoms with Crippen LogP contribution >= 0.6 is 0 Å². The Morgan fingerprint density at radius 1 is 0.918 bits per heavy atom. The third kappa shape index (κ3) is 9.14. The second kappa shape index (κ2) is 16.7. The van der Waals surface area contributed by atoms with Crippen LogP contribution in [0.1, 0.15) is 53.0 Å². The maximum atomic E-state index is 10.1. The summed E-state index contributed by atoms with van der Waals surface area (Å²) in [6.45, 7) is 23.3. The van der Waals surface area contributed by atoms with Crippen molar-refractivity contribution in [3.8, 4) is 34.3 Å². The molecule has 4 aromatic rings. The van der Waals surface area contributed by atoms with Crippen LogP contribution in [-0.4, -0.2) is 90.8 Å². The van der Waals surface area contributed by atoms with Gasteiger partial charge in [-0.3, -0.25) is 9.80 Å². The van der Waals surface area contributed by atoms with Crippen LogP contribution in [0.5, 0.6) is 5.75 Å². The van der Waals surface area contributed by atoms with Gasteiger partial charge in [0.05, 0.1) is 22.8 Å². The zero-order valence-corrected chi connectivity index (χ0v) is 29.9. The molecule has 0 bridgehead atoms. The van der Waals surface area contributed by atoms with Crippen LogP contribution in [0.3, 0.4) is 0 Å². The molecule has 9 nitrogen and oxygen atoms in total. The monoisotopic (exact) mass is 664 g/mol. The van der Waals surface area contributed by atoms with Crippen molar-refractivity contribution in [3.05, 3.63) is 78.8 Å². The molecule has 9 heteroatoms. The molecule has 0 spiro atoms. The molecule has 0 atom stereocenters. The second-order valence-electron chi connectivity index (χ2n) is 13.3. The Balaban J connectivity index is 0.00000230. The fourth-order valence-corrected chi connectivity index (χ4v) is 6.40. The maximum Gasteiger partial charge on any atom is 0.229 e. The minimum Gasteiger partial charge on any atom is -0.492 e. The predicted octanol–water partition coefficient (Wildman–Crippen LogP) is 7.85. The lowest BCUT2D eigenvalue weighted by molar-refractivity contribution is -0.00929. The Hall–Kier alpha value is -4.52. The van der Waals surface area contributed by atoms with Crippen LogP contribution in [0.4, 0.5) is 5.69 Å². The minimum atomic E-state index is -0.261. The number of anilines is 1. The Bertz CT molecular complexity index is 1690. The van der Waals surface area contributed by atoms with Crippen molar-refractivity contribution in [3.63, 3.8) is 0 Å². The van der Waals surface area contributed by atoms with Crippen molar-refractivity contribution in [1.29, 1.82) is 5.26 Å². The lowest BCUT2D eigenvalue weighted by Gasteiger charge is -2.38. The van der Waals surface area contributed by atoms with E-state index >= 15 is 0 Å². The summed E-state index contributed by atoms with van der Waals surface area (Å²) in [5.41, 5.74) is 4.32. The van der Waals surface area contributed by atoms with Gasteiger partial charge in [-0.05, 0) is 83.1 Å². The Morgan fingerprint density at radius 3 is 2.24 bits per heavy atom. The summed E-state index contributed by atoms with van der Waals surface area (Å²) >= 11 is 0. The average Bonchev–Trinajstić information content (AvgIpc) is 3.78. The molecule has 0 unspecified atom stereocenters. The molecule has 2 saturated heterocycles. The van der Waals surface area contributed by atoms with Crippen molar-refractivity contribution in [1.82, 2.24) is 19.7 Å². The topological polar surface area (TPSA) is 90.0 Å². The molecule has 1 N–H and O–H groups in total. The number of fused-ring (bicyclic) bond motifs is 1. The minimum absolute atomic E-state index is 0.261. The Labute approximate surface area is 292 Å².